The van der Waals surface area contributed by atoms with Crippen LogP contribution in [-0.2, 0) is 61.1 Å². The summed E-state index contributed by atoms with van der Waals surface area (Å²) in [6.45, 7) is 0.295. The Morgan fingerprint density at radius 2 is 1.62 bits per heavy atom. The number of hydrogen-bond donors (Lipinski definition) is 3. The largest absolute Gasteiger partial charge is 0.435 e. The molecule has 4 atom stereocenters. The van der Waals surface area contributed by atoms with Gasteiger partial charge in [0.2, 0.25) is 21.8 Å². The van der Waals surface area contributed by atoms with Crippen molar-refractivity contribution in [3.8, 4) is 23.0 Å². The molecule has 0 unspecified atom stereocenters. The minimum Gasteiger partial charge on any atom is -0.392 e. The van der Waals surface area contributed by atoms with E-state index in [4.69, 9.17) is 11.6 Å². The van der Waals surface area contributed by atoms with Gasteiger partial charge in [0.25, 0.3) is 5.92 Å². The van der Waals surface area contributed by atoms with E-state index in [2.05, 4.69) is 32.3 Å². The number of sulfone groups is 1. The van der Waals surface area contributed by atoms with Gasteiger partial charge in [-0.3, -0.25) is 23.7 Å². The van der Waals surface area contributed by atoms with Gasteiger partial charge in [0.15, 0.2) is 21.3 Å². The van der Waals surface area contributed by atoms with Crippen LogP contribution in [0.25, 0.3) is 22.0 Å². The molecule has 3 aromatic heterocycles. The van der Waals surface area contributed by atoms with Crippen LogP contribution >= 0.6 is 11.6 Å². The summed E-state index contributed by atoms with van der Waals surface area (Å²) in [6, 6.07) is 4.90. The number of hydrogen-bond acceptors (Lipinski definition) is 10. The first-order chi connectivity index (χ1) is 33.1. The van der Waals surface area contributed by atoms with Gasteiger partial charge >= 0.3 is 12.4 Å². The smallest absolute Gasteiger partial charge is 0.392 e. The van der Waals surface area contributed by atoms with Crippen molar-refractivity contribution in [1.82, 2.24) is 34.8 Å². The maximum absolute atomic E-state index is 15.6. The number of aliphatic hydroxyl groups excluding tert-OH is 1. The highest BCUT2D eigenvalue weighted by atomic mass is 35.5. The van der Waals surface area contributed by atoms with E-state index in [9.17, 15) is 66.7 Å². The molecule has 72 heavy (non-hydrogen) atoms. The number of anilines is 1. The summed E-state index contributed by atoms with van der Waals surface area (Å²) >= 11 is 6.57. The molecule has 0 spiro atoms. The Kier molecular flexibility index (Phi) is 14.1. The average molecular weight is 1080 g/mol. The number of fused-ring (bicyclic) bond motifs is 4. The van der Waals surface area contributed by atoms with Crippen LogP contribution in [-0.4, -0.2) is 106 Å². The second kappa shape index (κ2) is 18.8. The van der Waals surface area contributed by atoms with Gasteiger partial charge in [0, 0.05) is 48.5 Å². The number of nitrogens with one attached hydrogen (secondary N) is 2. The molecule has 2 amide bonds. The Labute approximate surface area is 408 Å². The van der Waals surface area contributed by atoms with Crippen LogP contribution in [0.3, 0.4) is 0 Å². The molecular formula is C44H41ClF10N8O7S2. The second-order valence-electron chi connectivity index (χ2n) is 18.0. The zero-order valence-electron chi connectivity index (χ0n) is 38.1. The Balaban J connectivity index is 1.43. The van der Waals surface area contributed by atoms with Crippen LogP contribution in [0.5, 0.6) is 0 Å². The van der Waals surface area contributed by atoms with Crippen molar-refractivity contribution in [2.75, 3.05) is 30.3 Å². The summed E-state index contributed by atoms with van der Waals surface area (Å²) in [4.78, 5) is 32.3. The van der Waals surface area contributed by atoms with Crippen molar-refractivity contribution in [1.29, 1.82) is 0 Å². The molecule has 2 aliphatic rings. The van der Waals surface area contributed by atoms with E-state index >= 15 is 8.78 Å². The molecule has 1 saturated carbocycles. The van der Waals surface area contributed by atoms with E-state index in [0.29, 0.717) is 10.7 Å². The number of rotatable bonds is 15. The average Bonchev–Trinajstić information content (AvgIpc) is 3.75. The van der Waals surface area contributed by atoms with E-state index in [1.807, 2.05) is 4.72 Å². The lowest BCUT2D eigenvalue weighted by Gasteiger charge is -2.23. The molecule has 0 aliphatic heterocycles. The molecule has 3 heterocycles. The highest BCUT2D eigenvalue weighted by Gasteiger charge is 2.68. The Bertz CT molecular complexity index is 3290. The predicted molar refractivity (Wildman–Crippen MR) is 239 cm³/mol. The molecular weight excluding hydrogens is 1040 g/mol. The molecule has 2 aliphatic carbocycles. The van der Waals surface area contributed by atoms with Gasteiger partial charge in [0.05, 0.1) is 33.8 Å². The zero-order valence-corrected chi connectivity index (χ0v) is 40.5. The van der Waals surface area contributed by atoms with Crippen LogP contribution in [0.15, 0.2) is 42.5 Å². The molecule has 3 N–H and O–H groups in total. The minimum absolute atomic E-state index is 0.196. The number of halogens is 11. The summed E-state index contributed by atoms with van der Waals surface area (Å²) in [5, 5.41) is 18.5. The normalized spacial score (nSPS) is 17.4. The number of sulfonamides is 1. The van der Waals surface area contributed by atoms with Crippen LogP contribution in [0.2, 0.25) is 5.02 Å². The predicted octanol–water partition coefficient (Wildman–Crippen LogP) is 6.87. The number of aromatic nitrogens is 5. The Morgan fingerprint density at radius 3 is 2.22 bits per heavy atom. The van der Waals surface area contributed by atoms with Gasteiger partial charge in [-0.05, 0) is 81.3 Å². The third-order valence-electron chi connectivity index (χ3n) is 11.9. The number of aliphatic hydroxyl groups is 1. The molecule has 7 rings (SSSR count). The number of nitrogens with zero attached hydrogens (tertiary/aromatic N) is 6. The number of carbonyl (C=O) groups is 2. The van der Waals surface area contributed by atoms with Gasteiger partial charge in [-0.2, -0.15) is 45.3 Å². The first-order valence-corrected chi connectivity index (χ1v) is 25.2. The summed E-state index contributed by atoms with van der Waals surface area (Å²) in [5.41, 5.74) is -5.68. The van der Waals surface area contributed by atoms with E-state index in [0.717, 1.165) is 41.5 Å². The SMILES string of the molecule is C[C@@H](O)CN(C)C(=O)CS(=O)(=O)Nc1nn(CC(F)(F)F)c2c(-c3ccc(C#CC(C)(C)S(C)(=O)=O)nc3[C@H](Cc3cc(F)cc(F)c3)NC(=O)Cn3nc(C(F)(F)F)c4c3C(F)(F)[C@@H]3C[C@H]43)ccc(Cl)c12. The Morgan fingerprint density at radius 1 is 0.986 bits per heavy atom. The van der Waals surface area contributed by atoms with Crippen LogP contribution in [0.1, 0.15) is 73.1 Å². The summed E-state index contributed by atoms with van der Waals surface area (Å²) in [5.74, 6) is -8.15. The molecule has 388 valence electrons. The lowest BCUT2D eigenvalue weighted by molar-refractivity contribution is -0.142. The minimum atomic E-state index is -5.22. The number of alkyl halides is 8. The molecule has 0 bridgehead atoms. The van der Waals surface area contributed by atoms with Crippen LogP contribution in [0.4, 0.5) is 49.7 Å². The van der Waals surface area contributed by atoms with Crippen LogP contribution < -0.4 is 10.0 Å². The molecule has 15 nitrogen and oxygen atoms in total. The van der Waals surface area contributed by atoms with Crippen molar-refractivity contribution in [2.45, 2.75) is 87.8 Å². The molecule has 1 fully saturated rings. The first-order valence-electron chi connectivity index (χ1n) is 21.3. The molecule has 28 heteroatoms. The summed E-state index contributed by atoms with van der Waals surface area (Å²) in [6.07, 6.45) is -11.5. The van der Waals surface area contributed by atoms with Crippen molar-refractivity contribution in [3.05, 3.63) is 93.0 Å². The molecule has 5 aromatic rings. The fraction of sp³-hybridized carbons (Fsp3) is 0.432. The van der Waals surface area contributed by atoms with E-state index in [1.54, 1.807) is 0 Å². The van der Waals surface area contributed by atoms with Gasteiger partial charge in [-0.1, -0.05) is 23.6 Å². The fourth-order valence-corrected chi connectivity index (χ4v) is 9.84. The van der Waals surface area contributed by atoms with Gasteiger partial charge in [-0.15, -0.1) is 0 Å². The van der Waals surface area contributed by atoms with E-state index in [1.165, 1.54) is 33.9 Å². The highest BCUT2D eigenvalue weighted by molar-refractivity contribution is 7.93. The van der Waals surface area contributed by atoms with Crippen molar-refractivity contribution in [2.24, 2.45) is 5.92 Å². The van der Waals surface area contributed by atoms with E-state index in [-0.39, 0.29) is 40.0 Å². The monoisotopic (exact) mass is 1080 g/mol. The van der Waals surface area contributed by atoms with Gasteiger partial charge in [-0.25, -0.2) is 30.6 Å². The number of amides is 2. The second-order valence-corrected chi connectivity index (χ2v) is 22.7. The standard InChI is InChI=1S/C44H41ClF10N8O7S2/c1-21(64)17-61(4)33(66)19-72(69,70)60-40-35-30(45)9-8-27(37(35)63(59-40)20-42(48,49)50)26-7-6-25(10-11-41(2,3)71(5,67)68)56-36(26)31(14-22-12-23(46)15-24(47)13-22)57-32(65)18-62-39-34(38(58-62)44(53,54)55)28-16-29(28)43(39,51)52/h6-9,12-13,15,21,28-29,31,64H,14,16-20H2,1-5H3,(H,57,65)(H,59,60)/t21-,28+,29-,31+/m1/s1. The summed E-state index contributed by atoms with van der Waals surface area (Å²) in [7, 11) is -7.53. The highest BCUT2D eigenvalue weighted by Crippen LogP contribution is 2.68. The zero-order chi connectivity index (χ0) is 53.4. The van der Waals surface area contributed by atoms with E-state index < -0.39 is 160 Å². The van der Waals surface area contributed by atoms with Crippen LogP contribution in [0, 0.1) is 29.4 Å². The lowest BCUT2D eigenvalue weighted by Crippen LogP contribution is -2.38. The third kappa shape index (κ3) is 11.3. The molecule has 2 aromatic carbocycles. The summed E-state index contributed by atoms with van der Waals surface area (Å²) < 4.78 is 199. The number of pyridine rings is 1. The maximum atomic E-state index is 15.6. The van der Waals surface area contributed by atoms with Gasteiger partial charge in [0.1, 0.15) is 46.6 Å². The first kappa shape index (κ1) is 53.8. The topological polar surface area (TPSA) is 198 Å². The Hall–Kier alpha value is -5.98. The maximum Gasteiger partial charge on any atom is 0.435 e. The quantitative estimate of drug-likeness (QED) is 0.0735. The van der Waals surface area contributed by atoms with Crippen molar-refractivity contribution >= 4 is 60.0 Å². The number of carbonyl (C=O) groups excluding carboxylic acids is 2. The van der Waals surface area contributed by atoms with Crippen molar-refractivity contribution in [3.63, 3.8) is 0 Å². The van der Waals surface area contributed by atoms with Gasteiger partial charge < -0.3 is 15.3 Å². The molecule has 0 radical (unpaired) electrons. The fourth-order valence-electron chi connectivity index (χ4n) is 8.30. The third-order valence-corrected chi connectivity index (χ3v) is 15.3. The van der Waals surface area contributed by atoms with Crippen molar-refractivity contribution < 1.29 is 75.4 Å². The number of likely N-dealkylation sites (N-methyl/N-ethyl adjacent to an activating group) is 1. The molecule has 0 saturated heterocycles. The lowest BCUT2D eigenvalue weighted by atomic mass is 9.93. The number of benzene rings is 2.